The number of H-pyrrole nitrogens is 1. The minimum atomic E-state index is -0.219. The van der Waals surface area contributed by atoms with Crippen LogP contribution in [0.25, 0.3) is 5.69 Å². The molecule has 1 aromatic carbocycles. The third-order valence-electron chi connectivity index (χ3n) is 3.73. The van der Waals surface area contributed by atoms with E-state index in [2.05, 4.69) is 15.5 Å². The van der Waals surface area contributed by atoms with Crippen LogP contribution in [0, 0.1) is 0 Å². The summed E-state index contributed by atoms with van der Waals surface area (Å²) in [6.45, 7) is 1.91. The van der Waals surface area contributed by atoms with E-state index in [1.807, 2.05) is 24.3 Å². The van der Waals surface area contributed by atoms with Crippen molar-refractivity contribution in [3.05, 3.63) is 40.6 Å². The van der Waals surface area contributed by atoms with E-state index in [4.69, 9.17) is 4.74 Å². The molecule has 0 amide bonds. The summed E-state index contributed by atoms with van der Waals surface area (Å²) in [6, 6.07) is 7.50. The second kappa shape index (κ2) is 5.50. The average Bonchev–Trinajstić information content (AvgIpc) is 2.89. The molecule has 0 bridgehead atoms. The number of aromatic nitrogens is 3. The van der Waals surface area contributed by atoms with Crippen molar-refractivity contribution >= 4 is 0 Å². The lowest BCUT2D eigenvalue weighted by Gasteiger charge is -2.22. The van der Waals surface area contributed by atoms with Crippen LogP contribution >= 0.6 is 0 Å². The molecule has 0 radical (unpaired) electrons. The average molecular weight is 274 g/mol. The zero-order chi connectivity index (χ0) is 13.9. The molecule has 20 heavy (non-hydrogen) atoms. The van der Waals surface area contributed by atoms with Crippen LogP contribution < -0.4 is 15.7 Å². The summed E-state index contributed by atoms with van der Waals surface area (Å²) >= 11 is 0. The Morgan fingerprint density at radius 3 is 2.80 bits per heavy atom. The van der Waals surface area contributed by atoms with Gasteiger partial charge < -0.3 is 10.1 Å². The molecule has 0 spiro atoms. The number of ether oxygens (including phenoxy) is 1. The minimum Gasteiger partial charge on any atom is -0.495 e. The molecular formula is C14H18N4O2. The first-order valence-corrected chi connectivity index (χ1v) is 6.82. The molecule has 2 heterocycles. The van der Waals surface area contributed by atoms with E-state index in [0.717, 1.165) is 37.4 Å². The molecule has 0 aliphatic carbocycles. The van der Waals surface area contributed by atoms with E-state index < -0.39 is 0 Å². The Hall–Kier alpha value is -2.08. The molecule has 1 aliphatic rings. The topological polar surface area (TPSA) is 71.9 Å². The van der Waals surface area contributed by atoms with Crippen LogP contribution in [-0.4, -0.2) is 35.0 Å². The number of nitrogens with one attached hydrogen (secondary N) is 2. The second-order valence-corrected chi connectivity index (χ2v) is 4.92. The molecule has 106 valence electrons. The van der Waals surface area contributed by atoms with Crippen molar-refractivity contribution in [2.24, 2.45) is 0 Å². The van der Waals surface area contributed by atoms with Crippen molar-refractivity contribution in [3.8, 4) is 11.4 Å². The Morgan fingerprint density at radius 2 is 2.05 bits per heavy atom. The van der Waals surface area contributed by atoms with Crippen LogP contribution in [0.5, 0.6) is 5.75 Å². The Morgan fingerprint density at radius 1 is 1.30 bits per heavy atom. The smallest absolute Gasteiger partial charge is 0.348 e. The number of methoxy groups -OCH3 is 1. The zero-order valence-corrected chi connectivity index (χ0v) is 11.4. The number of hydrogen-bond donors (Lipinski definition) is 2. The fraction of sp³-hybridized carbons (Fsp3) is 0.429. The molecule has 1 saturated heterocycles. The van der Waals surface area contributed by atoms with Crippen LogP contribution in [0.2, 0.25) is 0 Å². The molecule has 3 rings (SSSR count). The third kappa shape index (κ3) is 2.22. The van der Waals surface area contributed by atoms with Crippen molar-refractivity contribution in [1.29, 1.82) is 0 Å². The Kier molecular flexibility index (Phi) is 3.56. The third-order valence-corrected chi connectivity index (χ3v) is 3.73. The number of rotatable bonds is 3. The maximum absolute atomic E-state index is 12.1. The maximum atomic E-state index is 12.1. The first-order chi connectivity index (χ1) is 9.81. The quantitative estimate of drug-likeness (QED) is 0.877. The van der Waals surface area contributed by atoms with Gasteiger partial charge in [-0.2, -0.15) is 5.10 Å². The minimum absolute atomic E-state index is 0.219. The number of aromatic amines is 1. The molecule has 0 unspecified atom stereocenters. The number of para-hydroxylation sites is 2. The summed E-state index contributed by atoms with van der Waals surface area (Å²) in [7, 11) is 1.61. The van der Waals surface area contributed by atoms with Gasteiger partial charge in [0.15, 0.2) is 0 Å². The first-order valence-electron chi connectivity index (χ1n) is 6.82. The van der Waals surface area contributed by atoms with Crippen LogP contribution in [0.3, 0.4) is 0 Å². The maximum Gasteiger partial charge on any atom is 0.348 e. The van der Waals surface area contributed by atoms with E-state index in [1.54, 1.807) is 11.7 Å². The highest BCUT2D eigenvalue weighted by atomic mass is 16.5. The summed E-state index contributed by atoms with van der Waals surface area (Å²) in [5, 5.41) is 10.1. The van der Waals surface area contributed by atoms with Gasteiger partial charge in [-0.25, -0.2) is 14.5 Å². The highest BCUT2D eigenvalue weighted by Crippen LogP contribution is 2.27. The summed E-state index contributed by atoms with van der Waals surface area (Å²) in [6.07, 6.45) is 1.97. The molecule has 1 aromatic heterocycles. The van der Waals surface area contributed by atoms with Crippen molar-refractivity contribution in [2.45, 2.75) is 18.8 Å². The van der Waals surface area contributed by atoms with Gasteiger partial charge in [-0.1, -0.05) is 12.1 Å². The van der Waals surface area contributed by atoms with Gasteiger partial charge in [0, 0.05) is 5.92 Å². The molecule has 1 fully saturated rings. The number of benzene rings is 1. The lowest BCUT2D eigenvalue weighted by molar-refractivity contribution is 0.409. The first kappa shape index (κ1) is 12.9. The van der Waals surface area contributed by atoms with Crippen LogP contribution in [0.15, 0.2) is 29.1 Å². The van der Waals surface area contributed by atoms with Crippen molar-refractivity contribution in [3.63, 3.8) is 0 Å². The highest BCUT2D eigenvalue weighted by Gasteiger charge is 2.23. The fourth-order valence-electron chi connectivity index (χ4n) is 2.71. The number of nitrogens with zero attached hydrogens (tertiary/aromatic N) is 2. The van der Waals surface area contributed by atoms with Gasteiger partial charge in [0.05, 0.1) is 12.8 Å². The van der Waals surface area contributed by atoms with Crippen molar-refractivity contribution in [1.82, 2.24) is 20.1 Å². The monoisotopic (exact) mass is 274 g/mol. The molecule has 1 aliphatic heterocycles. The van der Waals surface area contributed by atoms with E-state index >= 15 is 0 Å². The molecule has 6 heteroatoms. The highest BCUT2D eigenvalue weighted by molar-refractivity contribution is 5.47. The Bertz CT molecular complexity index is 641. The molecule has 2 N–H and O–H groups in total. The van der Waals surface area contributed by atoms with Crippen LogP contribution in [-0.2, 0) is 0 Å². The lowest BCUT2D eigenvalue weighted by atomic mass is 9.97. The second-order valence-electron chi connectivity index (χ2n) is 4.92. The van der Waals surface area contributed by atoms with E-state index in [0.29, 0.717) is 11.7 Å². The zero-order valence-electron chi connectivity index (χ0n) is 11.4. The number of piperidine rings is 1. The molecule has 2 aromatic rings. The van der Waals surface area contributed by atoms with Gasteiger partial charge in [-0.05, 0) is 38.1 Å². The van der Waals surface area contributed by atoms with E-state index in [9.17, 15) is 4.79 Å². The van der Waals surface area contributed by atoms with Crippen LogP contribution in [0.1, 0.15) is 24.6 Å². The van der Waals surface area contributed by atoms with E-state index in [1.165, 1.54) is 0 Å². The summed E-state index contributed by atoms with van der Waals surface area (Å²) in [5.74, 6) is 1.76. The fourth-order valence-corrected chi connectivity index (χ4v) is 2.71. The van der Waals surface area contributed by atoms with Crippen molar-refractivity contribution in [2.75, 3.05) is 20.2 Å². The van der Waals surface area contributed by atoms with Gasteiger partial charge >= 0.3 is 5.69 Å². The SMILES string of the molecule is COc1ccccc1-n1c(C2CCNCC2)n[nH]c1=O. The van der Waals surface area contributed by atoms with Gasteiger partial charge in [0.1, 0.15) is 11.6 Å². The Balaban J connectivity index is 2.09. The van der Waals surface area contributed by atoms with Gasteiger partial charge in [-0.15, -0.1) is 0 Å². The van der Waals surface area contributed by atoms with Crippen LogP contribution in [0.4, 0.5) is 0 Å². The molecule has 0 saturated carbocycles. The predicted octanol–water partition coefficient (Wildman–Crippen LogP) is 1.04. The van der Waals surface area contributed by atoms with Gasteiger partial charge in [0.25, 0.3) is 0 Å². The van der Waals surface area contributed by atoms with Gasteiger partial charge in [0.2, 0.25) is 0 Å². The largest absolute Gasteiger partial charge is 0.495 e. The number of hydrogen-bond acceptors (Lipinski definition) is 4. The molecule has 6 nitrogen and oxygen atoms in total. The lowest BCUT2D eigenvalue weighted by Crippen LogP contribution is -2.29. The summed E-state index contributed by atoms with van der Waals surface area (Å²) < 4.78 is 6.99. The predicted molar refractivity (Wildman–Crippen MR) is 75.6 cm³/mol. The van der Waals surface area contributed by atoms with Crippen molar-refractivity contribution < 1.29 is 4.74 Å². The molecule has 0 atom stereocenters. The summed E-state index contributed by atoms with van der Waals surface area (Å²) in [5.41, 5.74) is 0.519. The standard InChI is InChI=1S/C14H18N4O2/c1-20-12-5-3-2-4-11(12)18-13(16-17-14(18)19)10-6-8-15-9-7-10/h2-5,10,15H,6-9H2,1H3,(H,17,19). The normalized spacial score (nSPS) is 16.2. The van der Waals surface area contributed by atoms with E-state index in [-0.39, 0.29) is 5.69 Å². The Labute approximate surface area is 116 Å². The molecular weight excluding hydrogens is 256 g/mol. The van der Waals surface area contributed by atoms with Gasteiger partial charge in [-0.3, -0.25) is 0 Å². The summed E-state index contributed by atoms with van der Waals surface area (Å²) in [4.78, 5) is 12.1.